The van der Waals surface area contributed by atoms with E-state index in [1.807, 2.05) is 0 Å². The smallest absolute Gasteiger partial charge is 0.227 e. The van der Waals surface area contributed by atoms with E-state index < -0.39 is 0 Å². The van der Waals surface area contributed by atoms with Crippen LogP contribution in [-0.2, 0) is 4.79 Å². The molecular weight excluding hydrogens is 271 g/mol. The Bertz CT molecular complexity index is 676. The van der Waals surface area contributed by atoms with Crippen molar-refractivity contribution in [1.29, 1.82) is 0 Å². The number of aromatic nitrogens is 2. The molecule has 0 unspecified atom stereocenters. The van der Waals surface area contributed by atoms with Gasteiger partial charge in [-0.3, -0.25) is 4.79 Å². The number of rotatable bonds is 3. The quantitative estimate of drug-likeness (QED) is 0.907. The van der Waals surface area contributed by atoms with E-state index in [1.165, 1.54) is 16.9 Å². The number of carbonyl (C=O) groups excluding carboxylic acids is 1. The number of carbonyl (C=O) groups is 1. The van der Waals surface area contributed by atoms with Crippen molar-refractivity contribution in [2.75, 3.05) is 5.32 Å². The zero-order chi connectivity index (χ0) is 15.0. The molecular formula is C15H17FN4O. The molecule has 6 heteroatoms. The second-order valence-corrected chi connectivity index (χ2v) is 5.42. The largest absolute Gasteiger partial charge is 0.328 e. The Morgan fingerprint density at radius 3 is 2.81 bits per heavy atom. The third kappa shape index (κ3) is 2.54. The molecule has 5 nitrogen and oxygen atoms in total. The van der Waals surface area contributed by atoms with Crippen LogP contribution >= 0.6 is 0 Å². The van der Waals surface area contributed by atoms with Gasteiger partial charge in [0.15, 0.2) is 0 Å². The number of anilines is 1. The van der Waals surface area contributed by atoms with Crippen molar-refractivity contribution >= 4 is 11.6 Å². The van der Waals surface area contributed by atoms with E-state index in [0.717, 1.165) is 0 Å². The lowest BCUT2D eigenvalue weighted by Crippen LogP contribution is -2.42. The number of para-hydroxylation sites is 1. The average Bonchev–Trinajstić information content (AvgIpc) is 2.77. The Hall–Kier alpha value is -2.21. The van der Waals surface area contributed by atoms with Crippen LogP contribution in [-0.4, -0.2) is 21.7 Å². The predicted molar refractivity (Wildman–Crippen MR) is 77.6 cm³/mol. The lowest BCUT2D eigenvalue weighted by Gasteiger charge is -2.30. The molecule has 0 atom stereocenters. The van der Waals surface area contributed by atoms with Gasteiger partial charge in [-0.1, -0.05) is 12.1 Å². The molecule has 1 saturated carbocycles. The molecule has 3 N–H and O–H groups in total. The van der Waals surface area contributed by atoms with E-state index in [1.54, 1.807) is 25.1 Å². The highest BCUT2D eigenvalue weighted by Crippen LogP contribution is 2.28. The van der Waals surface area contributed by atoms with Crippen LogP contribution < -0.4 is 11.1 Å². The molecule has 0 radical (unpaired) electrons. The average molecular weight is 288 g/mol. The minimum Gasteiger partial charge on any atom is -0.328 e. The molecule has 2 aromatic rings. The molecule has 1 heterocycles. The van der Waals surface area contributed by atoms with Gasteiger partial charge in [0, 0.05) is 12.0 Å². The lowest BCUT2D eigenvalue weighted by molar-refractivity contribution is -0.122. The van der Waals surface area contributed by atoms with Crippen molar-refractivity contribution < 1.29 is 9.18 Å². The summed E-state index contributed by atoms with van der Waals surface area (Å²) in [5.74, 6) is -0.435. The van der Waals surface area contributed by atoms with Gasteiger partial charge in [0.25, 0.3) is 0 Å². The van der Waals surface area contributed by atoms with Crippen molar-refractivity contribution in [3.63, 3.8) is 0 Å². The summed E-state index contributed by atoms with van der Waals surface area (Å²) >= 11 is 0. The van der Waals surface area contributed by atoms with E-state index in [0.29, 0.717) is 29.9 Å². The van der Waals surface area contributed by atoms with E-state index >= 15 is 0 Å². The molecule has 0 aliphatic heterocycles. The van der Waals surface area contributed by atoms with Gasteiger partial charge in [-0.25, -0.2) is 9.07 Å². The van der Waals surface area contributed by atoms with Gasteiger partial charge in [-0.2, -0.15) is 5.10 Å². The highest BCUT2D eigenvalue weighted by molar-refractivity contribution is 5.93. The summed E-state index contributed by atoms with van der Waals surface area (Å²) in [5.41, 5.74) is 7.34. The van der Waals surface area contributed by atoms with E-state index in [-0.39, 0.29) is 23.7 Å². The van der Waals surface area contributed by atoms with Crippen LogP contribution in [0.3, 0.4) is 0 Å². The Kier molecular flexibility index (Phi) is 3.47. The number of nitrogens with one attached hydrogen (secondary N) is 1. The van der Waals surface area contributed by atoms with Gasteiger partial charge >= 0.3 is 0 Å². The topological polar surface area (TPSA) is 72.9 Å². The summed E-state index contributed by atoms with van der Waals surface area (Å²) in [6.07, 6.45) is 2.97. The summed E-state index contributed by atoms with van der Waals surface area (Å²) in [5, 5.41) is 7.00. The maximum absolute atomic E-state index is 13.8. The third-order valence-corrected chi connectivity index (χ3v) is 3.89. The maximum atomic E-state index is 13.8. The highest BCUT2D eigenvalue weighted by atomic mass is 19.1. The molecule has 3 rings (SSSR count). The number of benzene rings is 1. The zero-order valence-corrected chi connectivity index (χ0v) is 11.7. The molecule has 21 heavy (non-hydrogen) atoms. The monoisotopic (exact) mass is 288 g/mol. The van der Waals surface area contributed by atoms with Gasteiger partial charge < -0.3 is 11.1 Å². The van der Waals surface area contributed by atoms with Gasteiger partial charge in [0.05, 0.1) is 17.6 Å². The summed E-state index contributed by atoms with van der Waals surface area (Å²) in [6.45, 7) is 1.79. The minimum absolute atomic E-state index is 0.0313. The van der Waals surface area contributed by atoms with Gasteiger partial charge in [-0.05, 0) is 31.9 Å². The Morgan fingerprint density at radius 2 is 2.14 bits per heavy atom. The fourth-order valence-electron chi connectivity index (χ4n) is 2.51. The Balaban J connectivity index is 1.80. The number of amides is 1. The normalized spacial score (nSPS) is 20.9. The van der Waals surface area contributed by atoms with Crippen molar-refractivity contribution in [3.05, 3.63) is 42.0 Å². The van der Waals surface area contributed by atoms with Crippen molar-refractivity contribution in [2.24, 2.45) is 11.7 Å². The number of nitrogens with zero attached hydrogens (tertiary/aromatic N) is 2. The van der Waals surface area contributed by atoms with Gasteiger partial charge in [0.1, 0.15) is 11.5 Å². The standard InChI is InChI=1S/C15H17FN4O/c1-9-13(19-15(21)10-6-11(17)7-10)8-18-20(9)14-5-3-2-4-12(14)16/h2-5,8,10-11H,6-7,17H2,1H3,(H,19,21). The molecule has 1 aliphatic rings. The highest BCUT2D eigenvalue weighted by Gasteiger charge is 2.32. The fraction of sp³-hybridized carbons (Fsp3) is 0.333. The molecule has 0 bridgehead atoms. The molecule has 110 valence electrons. The second-order valence-electron chi connectivity index (χ2n) is 5.42. The predicted octanol–water partition coefficient (Wildman–Crippen LogP) is 2.00. The first-order chi connectivity index (χ1) is 10.1. The molecule has 1 aromatic heterocycles. The molecule has 1 amide bonds. The van der Waals surface area contributed by atoms with E-state index in [4.69, 9.17) is 5.73 Å². The number of hydrogen-bond donors (Lipinski definition) is 2. The minimum atomic E-state index is -0.355. The van der Waals surface area contributed by atoms with E-state index in [2.05, 4.69) is 10.4 Å². The zero-order valence-electron chi connectivity index (χ0n) is 11.7. The lowest BCUT2D eigenvalue weighted by atomic mass is 9.80. The Labute approximate surface area is 121 Å². The summed E-state index contributed by atoms with van der Waals surface area (Å²) < 4.78 is 15.3. The van der Waals surface area contributed by atoms with Crippen LogP contribution in [0, 0.1) is 18.7 Å². The van der Waals surface area contributed by atoms with E-state index in [9.17, 15) is 9.18 Å². The maximum Gasteiger partial charge on any atom is 0.227 e. The third-order valence-electron chi connectivity index (χ3n) is 3.89. The fourth-order valence-corrected chi connectivity index (χ4v) is 2.51. The summed E-state index contributed by atoms with van der Waals surface area (Å²) in [7, 11) is 0. The first-order valence-corrected chi connectivity index (χ1v) is 6.92. The molecule has 1 aromatic carbocycles. The van der Waals surface area contributed by atoms with Crippen molar-refractivity contribution in [1.82, 2.24) is 9.78 Å². The van der Waals surface area contributed by atoms with Crippen LogP contribution in [0.5, 0.6) is 0 Å². The van der Waals surface area contributed by atoms with Gasteiger partial charge in [0.2, 0.25) is 5.91 Å². The second kappa shape index (κ2) is 5.29. The summed E-state index contributed by atoms with van der Waals surface area (Å²) in [4.78, 5) is 12.0. The molecule has 0 spiro atoms. The Morgan fingerprint density at radius 1 is 1.43 bits per heavy atom. The first kappa shape index (κ1) is 13.8. The van der Waals surface area contributed by atoms with Crippen molar-refractivity contribution in [2.45, 2.75) is 25.8 Å². The van der Waals surface area contributed by atoms with Crippen LogP contribution in [0.4, 0.5) is 10.1 Å². The van der Waals surface area contributed by atoms with Crippen LogP contribution in [0.25, 0.3) is 5.69 Å². The molecule has 1 aliphatic carbocycles. The number of nitrogens with two attached hydrogens (primary N) is 1. The van der Waals surface area contributed by atoms with Crippen LogP contribution in [0.1, 0.15) is 18.5 Å². The van der Waals surface area contributed by atoms with Crippen molar-refractivity contribution in [3.8, 4) is 5.69 Å². The molecule has 0 saturated heterocycles. The first-order valence-electron chi connectivity index (χ1n) is 6.92. The SMILES string of the molecule is Cc1c(NC(=O)C2CC(N)C2)cnn1-c1ccccc1F. The van der Waals surface area contributed by atoms with Gasteiger partial charge in [-0.15, -0.1) is 0 Å². The van der Waals surface area contributed by atoms with Crippen LogP contribution in [0.2, 0.25) is 0 Å². The number of halogens is 1. The molecule has 1 fully saturated rings. The number of hydrogen-bond acceptors (Lipinski definition) is 3. The van der Waals surface area contributed by atoms with Crippen LogP contribution in [0.15, 0.2) is 30.5 Å². The summed E-state index contributed by atoms with van der Waals surface area (Å²) in [6, 6.07) is 6.52.